The second kappa shape index (κ2) is 13.7. The molecule has 0 radical (unpaired) electrons. The third-order valence-corrected chi connectivity index (χ3v) is 7.82. The van der Waals surface area contributed by atoms with Crippen molar-refractivity contribution in [2.75, 3.05) is 6.61 Å². The van der Waals surface area contributed by atoms with Gasteiger partial charge in [0.1, 0.15) is 29.9 Å². The minimum absolute atomic E-state index is 0.115. The Balaban J connectivity index is 1.82. The zero-order valence-corrected chi connectivity index (χ0v) is 25.6. The number of carbonyl (C=O) groups is 3. The maximum absolute atomic E-state index is 14.0. The fourth-order valence-electron chi connectivity index (χ4n) is 4.36. The molecule has 1 fully saturated rings. The minimum Gasteiger partial charge on any atom is -0.463 e. The molecule has 1 aromatic carbocycles. The van der Waals surface area contributed by atoms with E-state index in [0.29, 0.717) is 12.1 Å². The summed E-state index contributed by atoms with van der Waals surface area (Å²) in [6.07, 6.45) is -6.81. The highest BCUT2D eigenvalue weighted by Gasteiger charge is 2.52. The monoisotopic (exact) mass is 726 g/mol. The number of alkyl halides is 3. The molecular weight excluding hydrogens is 706 g/mol. The van der Waals surface area contributed by atoms with Crippen LogP contribution in [0.2, 0.25) is 0 Å². The summed E-state index contributed by atoms with van der Waals surface area (Å²) in [4.78, 5) is 39.7. The van der Waals surface area contributed by atoms with Crippen LogP contribution in [0.1, 0.15) is 32.5 Å². The maximum atomic E-state index is 14.0. The highest BCUT2D eigenvalue weighted by atomic mass is 79.9. The summed E-state index contributed by atoms with van der Waals surface area (Å²) < 4.78 is 104. The lowest BCUT2D eigenvalue weighted by Gasteiger charge is -2.44. The lowest BCUT2D eigenvalue weighted by Crippen LogP contribution is -2.57. The average molecular weight is 727 g/mol. The molecule has 4 rings (SSSR count). The van der Waals surface area contributed by atoms with E-state index in [2.05, 4.69) is 31.2 Å². The van der Waals surface area contributed by atoms with Gasteiger partial charge < -0.3 is 18.9 Å². The molecule has 1 aliphatic rings. The molecule has 19 heteroatoms. The Morgan fingerprint density at radius 1 is 1.00 bits per heavy atom. The van der Waals surface area contributed by atoms with Crippen LogP contribution >= 0.6 is 27.7 Å². The van der Waals surface area contributed by atoms with Crippen molar-refractivity contribution >= 4 is 45.6 Å². The summed E-state index contributed by atoms with van der Waals surface area (Å²) in [5.74, 6) is -7.15. The van der Waals surface area contributed by atoms with Crippen molar-refractivity contribution in [1.82, 2.24) is 20.0 Å². The second-order valence-corrected chi connectivity index (χ2v) is 11.5. The third-order valence-electron chi connectivity index (χ3n) is 6.10. The van der Waals surface area contributed by atoms with Gasteiger partial charge in [-0.15, -0.1) is 5.10 Å². The zero-order valence-electron chi connectivity index (χ0n) is 23.2. The fraction of sp³-hybridized carbons (Fsp3) is 0.385. The molecule has 5 atom stereocenters. The van der Waals surface area contributed by atoms with E-state index >= 15 is 0 Å². The van der Waals surface area contributed by atoms with E-state index in [-0.39, 0.29) is 16.2 Å². The van der Waals surface area contributed by atoms with Crippen molar-refractivity contribution in [3.8, 4) is 11.3 Å². The molecule has 0 bridgehead atoms. The molecule has 0 amide bonds. The van der Waals surface area contributed by atoms with Crippen LogP contribution in [-0.4, -0.2) is 68.2 Å². The molecule has 3 heterocycles. The third kappa shape index (κ3) is 8.12. The summed E-state index contributed by atoms with van der Waals surface area (Å²) in [7, 11) is 0. The fourth-order valence-corrected chi connectivity index (χ4v) is 6.21. The Bertz CT molecular complexity index is 1590. The largest absolute Gasteiger partial charge is 0.463 e. The van der Waals surface area contributed by atoms with Crippen LogP contribution < -0.4 is 0 Å². The topological polar surface area (TPSA) is 132 Å². The van der Waals surface area contributed by atoms with Gasteiger partial charge in [0.05, 0.1) is 6.20 Å². The number of hydrogen-bond donors (Lipinski definition) is 0. The van der Waals surface area contributed by atoms with Crippen molar-refractivity contribution in [3.63, 3.8) is 0 Å². The Kier molecular flexibility index (Phi) is 10.4. The van der Waals surface area contributed by atoms with E-state index in [1.807, 2.05) is 0 Å². The van der Waals surface area contributed by atoms with Gasteiger partial charge in [-0.25, -0.2) is 22.8 Å². The molecule has 11 nitrogen and oxygen atoms in total. The summed E-state index contributed by atoms with van der Waals surface area (Å²) in [6.45, 7) is 2.71. The van der Waals surface area contributed by atoms with E-state index in [1.54, 1.807) is 0 Å². The van der Waals surface area contributed by atoms with Gasteiger partial charge in [-0.05, 0) is 34.1 Å². The second-order valence-electron chi connectivity index (χ2n) is 9.44. The van der Waals surface area contributed by atoms with Gasteiger partial charge in [0, 0.05) is 41.9 Å². The number of halogens is 7. The number of ether oxygens (including phenoxy) is 4. The van der Waals surface area contributed by atoms with Crippen LogP contribution in [0.4, 0.5) is 26.3 Å². The molecule has 5 unspecified atom stereocenters. The number of pyridine rings is 1. The summed E-state index contributed by atoms with van der Waals surface area (Å²) in [5.41, 5.74) is -2.87. The number of benzene rings is 1. The highest BCUT2D eigenvalue weighted by molar-refractivity contribution is 9.10. The zero-order chi connectivity index (χ0) is 33.2. The Morgan fingerprint density at radius 2 is 1.62 bits per heavy atom. The number of nitrogens with zero attached hydrogens (tertiary/aromatic N) is 4. The lowest BCUT2D eigenvalue weighted by atomic mass is 9.96. The first kappa shape index (κ1) is 34.2. The van der Waals surface area contributed by atoms with Gasteiger partial charge in [0.25, 0.3) is 0 Å². The Hall–Kier alpha value is -3.71. The molecule has 45 heavy (non-hydrogen) atoms. The maximum Gasteiger partial charge on any atom is 0.434 e. The summed E-state index contributed by atoms with van der Waals surface area (Å²) in [5, 5.41) is 7.84. The number of hydrogen-bond acceptors (Lipinski definition) is 11. The van der Waals surface area contributed by atoms with Crippen LogP contribution in [0.5, 0.6) is 0 Å². The molecule has 0 aliphatic carbocycles. The predicted molar refractivity (Wildman–Crippen MR) is 144 cm³/mol. The molecule has 2 aromatic heterocycles. The molecule has 0 N–H and O–H groups in total. The SMILES string of the molecule is CC(=O)OCC1OC(Sc2cnc(C(F)(F)F)c(Br)c2)C(OC(C)=O)C(n2cc(-c3cc(F)c(F)c(F)c3)nn2)C1OC(C)=O. The van der Waals surface area contributed by atoms with E-state index in [0.717, 1.165) is 55.7 Å². The minimum atomic E-state index is -4.76. The number of carbonyl (C=O) groups excluding carboxylic acids is 3. The van der Waals surface area contributed by atoms with Crippen LogP contribution in [-0.2, 0) is 39.5 Å². The van der Waals surface area contributed by atoms with Gasteiger partial charge >= 0.3 is 24.1 Å². The molecule has 0 saturated carbocycles. The standard InChI is InChI=1S/C26H21BrF6N4O7S/c1-10(38)41-9-19-22(42-11(2)39)21(37-8-18(35-36-37)13-4-16(28)20(30)17(29)5-13)23(43-12(3)40)25(44-19)45-14-6-15(27)24(34-7-14)26(31,32)33/h4-8,19,21-23,25H,9H2,1-3H3. The van der Waals surface area contributed by atoms with E-state index in [1.165, 1.54) is 0 Å². The number of rotatable bonds is 8. The molecular formula is C26H21BrF6N4O7S. The molecule has 1 aliphatic heterocycles. The van der Waals surface area contributed by atoms with E-state index in [4.69, 9.17) is 18.9 Å². The molecule has 3 aromatic rings. The molecule has 242 valence electrons. The van der Waals surface area contributed by atoms with Crippen molar-refractivity contribution < 1.29 is 59.7 Å². The smallest absolute Gasteiger partial charge is 0.434 e. The van der Waals surface area contributed by atoms with Crippen LogP contribution in [0.15, 0.2) is 40.0 Å². The quantitative estimate of drug-likeness (QED) is 0.134. The van der Waals surface area contributed by atoms with Crippen molar-refractivity contribution in [1.29, 1.82) is 0 Å². The van der Waals surface area contributed by atoms with Gasteiger partial charge in [-0.3, -0.25) is 14.4 Å². The lowest BCUT2D eigenvalue weighted by molar-refractivity contribution is -0.212. The molecule has 1 saturated heterocycles. The summed E-state index contributed by atoms with van der Waals surface area (Å²) >= 11 is 3.62. The number of esters is 3. The van der Waals surface area contributed by atoms with Gasteiger partial charge in [-0.1, -0.05) is 17.0 Å². The van der Waals surface area contributed by atoms with Crippen molar-refractivity contribution in [3.05, 3.63) is 58.2 Å². The number of aromatic nitrogens is 4. The average Bonchev–Trinajstić information content (AvgIpc) is 3.40. The first-order valence-electron chi connectivity index (χ1n) is 12.6. The highest BCUT2D eigenvalue weighted by Crippen LogP contribution is 2.43. The normalized spacial score (nSPS) is 21.7. The van der Waals surface area contributed by atoms with E-state index in [9.17, 15) is 40.7 Å². The van der Waals surface area contributed by atoms with Gasteiger partial charge in [-0.2, -0.15) is 13.2 Å². The molecule has 0 spiro atoms. The van der Waals surface area contributed by atoms with Gasteiger partial charge in [0.2, 0.25) is 0 Å². The van der Waals surface area contributed by atoms with E-state index < -0.39 is 88.1 Å². The number of thioether (sulfide) groups is 1. The first-order chi connectivity index (χ1) is 21.0. The van der Waals surface area contributed by atoms with Gasteiger partial charge in [0.15, 0.2) is 35.4 Å². The Labute approximate surface area is 262 Å². The first-order valence-corrected chi connectivity index (χ1v) is 14.3. The predicted octanol–water partition coefficient (Wildman–Crippen LogP) is 5.02. The van der Waals surface area contributed by atoms with Crippen molar-refractivity contribution in [2.24, 2.45) is 0 Å². The van der Waals surface area contributed by atoms with Crippen molar-refractivity contribution in [2.45, 2.75) is 61.6 Å². The van der Waals surface area contributed by atoms with Crippen LogP contribution in [0.3, 0.4) is 0 Å². The van der Waals surface area contributed by atoms with Crippen LogP contribution in [0, 0.1) is 17.5 Å². The van der Waals surface area contributed by atoms with Crippen LogP contribution in [0.25, 0.3) is 11.3 Å². The Morgan fingerprint density at radius 3 is 2.18 bits per heavy atom. The summed E-state index contributed by atoms with van der Waals surface area (Å²) in [6, 6.07) is 1.11.